The zero-order chi connectivity index (χ0) is 11.8. The van der Waals surface area contributed by atoms with E-state index in [0.29, 0.717) is 37.0 Å². The van der Waals surface area contributed by atoms with Crippen LogP contribution in [-0.2, 0) is 0 Å². The third-order valence-electron chi connectivity index (χ3n) is 1.92. The van der Waals surface area contributed by atoms with Crippen molar-refractivity contribution in [2.45, 2.75) is 19.8 Å². The number of anilines is 2. The van der Waals surface area contributed by atoms with Gasteiger partial charge in [0, 0.05) is 13.2 Å². The van der Waals surface area contributed by atoms with Crippen molar-refractivity contribution < 1.29 is 9.84 Å². The molecule has 6 heteroatoms. The molecule has 16 heavy (non-hydrogen) atoms. The van der Waals surface area contributed by atoms with Crippen LogP contribution in [0.4, 0.5) is 11.5 Å². The molecule has 1 aromatic rings. The first-order valence-electron chi connectivity index (χ1n) is 5.37. The maximum atomic E-state index is 8.66. The summed E-state index contributed by atoms with van der Waals surface area (Å²) in [5, 5.41) is 11.7. The number of hydrogen-bond acceptors (Lipinski definition) is 6. The van der Waals surface area contributed by atoms with Crippen molar-refractivity contribution in [1.29, 1.82) is 0 Å². The molecular formula is C10H18N4O2. The molecule has 0 aliphatic rings. The Balaban J connectivity index is 2.62. The van der Waals surface area contributed by atoms with Crippen LogP contribution >= 0.6 is 0 Å². The molecule has 1 rings (SSSR count). The molecule has 1 heterocycles. The molecule has 90 valence electrons. The van der Waals surface area contributed by atoms with Gasteiger partial charge in [-0.1, -0.05) is 6.92 Å². The van der Waals surface area contributed by atoms with Gasteiger partial charge in [0.15, 0.2) is 5.82 Å². The summed E-state index contributed by atoms with van der Waals surface area (Å²) in [5.41, 5.74) is 6.24. The minimum atomic E-state index is 0.136. The van der Waals surface area contributed by atoms with Gasteiger partial charge in [0.05, 0.1) is 6.61 Å². The van der Waals surface area contributed by atoms with Gasteiger partial charge < -0.3 is 20.9 Å². The topological polar surface area (TPSA) is 93.3 Å². The minimum Gasteiger partial charge on any atom is -0.476 e. The molecule has 0 fully saturated rings. The normalized spacial score (nSPS) is 10.1. The van der Waals surface area contributed by atoms with Gasteiger partial charge in [-0.25, -0.2) is 4.98 Å². The Labute approximate surface area is 94.9 Å². The predicted molar refractivity (Wildman–Crippen MR) is 62.4 cm³/mol. The van der Waals surface area contributed by atoms with Crippen LogP contribution < -0.4 is 15.8 Å². The highest BCUT2D eigenvalue weighted by Crippen LogP contribution is 2.24. The van der Waals surface area contributed by atoms with E-state index in [1.54, 1.807) is 0 Å². The number of aliphatic hydroxyl groups excluding tert-OH is 1. The Morgan fingerprint density at radius 2 is 2.31 bits per heavy atom. The zero-order valence-electron chi connectivity index (χ0n) is 9.44. The Hall–Kier alpha value is -1.56. The number of hydrogen-bond donors (Lipinski definition) is 3. The van der Waals surface area contributed by atoms with Crippen molar-refractivity contribution in [3.63, 3.8) is 0 Å². The van der Waals surface area contributed by atoms with Crippen LogP contribution in [0.25, 0.3) is 0 Å². The SMILES string of the molecule is CCCOc1ncnc(NCCCO)c1N. The summed E-state index contributed by atoms with van der Waals surface area (Å²) in [5.74, 6) is 0.956. The van der Waals surface area contributed by atoms with Crippen molar-refractivity contribution in [3.05, 3.63) is 6.33 Å². The molecule has 0 aromatic carbocycles. The fourth-order valence-corrected chi connectivity index (χ4v) is 1.12. The summed E-state index contributed by atoms with van der Waals surface area (Å²) in [7, 11) is 0. The van der Waals surface area contributed by atoms with Gasteiger partial charge >= 0.3 is 0 Å². The summed E-state index contributed by atoms with van der Waals surface area (Å²) in [4.78, 5) is 7.97. The van der Waals surface area contributed by atoms with Crippen LogP contribution in [0, 0.1) is 0 Å². The third kappa shape index (κ3) is 3.54. The Morgan fingerprint density at radius 1 is 1.50 bits per heavy atom. The number of nitrogens with zero attached hydrogens (tertiary/aromatic N) is 2. The summed E-state index contributed by atoms with van der Waals surface area (Å²) in [6.45, 7) is 3.34. The number of nitrogen functional groups attached to an aromatic ring is 1. The lowest BCUT2D eigenvalue weighted by molar-refractivity contribution is 0.292. The van der Waals surface area contributed by atoms with E-state index in [2.05, 4.69) is 15.3 Å². The molecule has 0 atom stereocenters. The van der Waals surface area contributed by atoms with Crippen molar-refractivity contribution in [1.82, 2.24) is 9.97 Å². The van der Waals surface area contributed by atoms with E-state index in [4.69, 9.17) is 15.6 Å². The van der Waals surface area contributed by atoms with E-state index in [9.17, 15) is 0 Å². The number of aromatic nitrogens is 2. The first kappa shape index (κ1) is 12.5. The Kier molecular flexibility index (Phi) is 5.35. The van der Waals surface area contributed by atoms with Crippen LogP contribution in [0.1, 0.15) is 19.8 Å². The summed E-state index contributed by atoms with van der Waals surface area (Å²) in [6.07, 6.45) is 2.95. The maximum absolute atomic E-state index is 8.66. The summed E-state index contributed by atoms with van der Waals surface area (Å²) >= 11 is 0. The average Bonchev–Trinajstić information content (AvgIpc) is 2.30. The number of rotatable bonds is 7. The van der Waals surface area contributed by atoms with Gasteiger partial charge in [0.25, 0.3) is 0 Å². The number of aliphatic hydroxyl groups is 1. The molecule has 0 spiro atoms. The molecule has 0 saturated heterocycles. The van der Waals surface area contributed by atoms with Crippen molar-refractivity contribution in [2.75, 3.05) is 30.8 Å². The molecule has 0 unspecified atom stereocenters. The Morgan fingerprint density at radius 3 is 3.00 bits per heavy atom. The second kappa shape index (κ2) is 6.84. The largest absolute Gasteiger partial charge is 0.476 e. The van der Waals surface area contributed by atoms with Gasteiger partial charge in [-0.2, -0.15) is 4.98 Å². The molecule has 0 amide bonds. The molecule has 0 saturated carbocycles. The van der Waals surface area contributed by atoms with Crippen molar-refractivity contribution in [2.24, 2.45) is 0 Å². The summed E-state index contributed by atoms with van der Waals surface area (Å²) in [6, 6.07) is 0. The lowest BCUT2D eigenvalue weighted by Crippen LogP contribution is -2.10. The molecule has 0 aliphatic carbocycles. The molecule has 6 nitrogen and oxygen atoms in total. The van der Waals surface area contributed by atoms with Gasteiger partial charge in [0.2, 0.25) is 5.88 Å². The highest BCUT2D eigenvalue weighted by molar-refractivity contribution is 5.66. The van der Waals surface area contributed by atoms with Gasteiger partial charge in [0.1, 0.15) is 12.0 Å². The van der Waals surface area contributed by atoms with E-state index in [1.807, 2.05) is 6.92 Å². The van der Waals surface area contributed by atoms with E-state index < -0.39 is 0 Å². The van der Waals surface area contributed by atoms with Crippen LogP contribution in [0.15, 0.2) is 6.33 Å². The maximum Gasteiger partial charge on any atom is 0.242 e. The quantitative estimate of drug-likeness (QED) is 0.591. The number of nitrogens with two attached hydrogens (primary N) is 1. The van der Waals surface area contributed by atoms with Crippen molar-refractivity contribution >= 4 is 11.5 Å². The fraction of sp³-hybridized carbons (Fsp3) is 0.600. The van der Waals surface area contributed by atoms with Crippen LogP contribution in [0.5, 0.6) is 5.88 Å². The molecule has 0 aliphatic heterocycles. The van der Waals surface area contributed by atoms with Gasteiger partial charge in [-0.05, 0) is 12.8 Å². The number of nitrogens with one attached hydrogen (secondary N) is 1. The molecule has 4 N–H and O–H groups in total. The van der Waals surface area contributed by atoms with E-state index >= 15 is 0 Å². The highest BCUT2D eigenvalue weighted by atomic mass is 16.5. The molecule has 1 aromatic heterocycles. The molecule has 0 bridgehead atoms. The highest BCUT2D eigenvalue weighted by Gasteiger charge is 2.07. The second-order valence-corrected chi connectivity index (χ2v) is 3.29. The van der Waals surface area contributed by atoms with E-state index in [-0.39, 0.29) is 6.61 Å². The van der Waals surface area contributed by atoms with E-state index in [1.165, 1.54) is 6.33 Å². The zero-order valence-corrected chi connectivity index (χ0v) is 9.44. The standard InChI is InChI=1S/C10H18N4O2/c1-2-6-16-10-8(11)9(13-7-14-10)12-4-3-5-15/h7,15H,2-6,11H2,1H3,(H,12,13,14). The van der Waals surface area contributed by atoms with Crippen molar-refractivity contribution in [3.8, 4) is 5.88 Å². The molecule has 0 radical (unpaired) electrons. The van der Waals surface area contributed by atoms with Gasteiger partial charge in [-0.15, -0.1) is 0 Å². The minimum absolute atomic E-state index is 0.136. The lowest BCUT2D eigenvalue weighted by Gasteiger charge is -2.10. The Bertz CT molecular complexity index is 320. The predicted octanol–water partition coefficient (Wildman–Crippen LogP) is 0.642. The second-order valence-electron chi connectivity index (χ2n) is 3.29. The monoisotopic (exact) mass is 226 g/mol. The first-order chi connectivity index (χ1) is 7.79. The van der Waals surface area contributed by atoms with Crippen LogP contribution in [-0.4, -0.2) is 34.8 Å². The third-order valence-corrected chi connectivity index (χ3v) is 1.92. The van der Waals surface area contributed by atoms with Gasteiger partial charge in [-0.3, -0.25) is 0 Å². The van der Waals surface area contributed by atoms with Crippen LogP contribution in [0.2, 0.25) is 0 Å². The average molecular weight is 226 g/mol. The molecular weight excluding hydrogens is 208 g/mol. The lowest BCUT2D eigenvalue weighted by atomic mass is 10.4. The number of ether oxygens (including phenoxy) is 1. The smallest absolute Gasteiger partial charge is 0.242 e. The summed E-state index contributed by atoms with van der Waals surface area (Å²) < 4.78 is 5.37. The van der Waals surface area contributed by atoms with Crippen LogP contribution in [0.3, 0.4) is 0 Å². The fourth-order valence-electron chi connectivity index (χ4n) is 1.12. The first-order valence-corrected chi connectivity index (χ1v) is 5.37. The van der Waals surface area contributed by atoms with E-state index in [0.717, 1.165) is 6.42 Å².